The third-order valence-corrected chi connectivity index (χ3v) is 6.58. The van der Waals surface area contributed by atoms with E-state index in [0.29, 0.717) is 25.3 Å². The van der Waals surface area contributed by atoms with Gasteiger partial charge in [0, 0.05) is 18.0 Å². The van der Waals surface area contributed by atoms with Gasteiger partial charge >= 0.3 is 5.97 Å². The summed E-state index contributed by atoms with van der Waals surface area (Å²) in [6.45, 7) is 6.86. The lowest BCUT2D eigenvalue weighted by Gasteiger charge is -2.18. The van der Waals surface area contributed by atoms with Crippen LogP contribution in [0.1, 0.15) is 35.3 Å². The van der Waals surface area contributed by atoms with Crippen molar-refractivity contribution in [2.45, 2.75) is 33.8 Å². The fourth-order valence-corrected chi connectivity index (χ4v) is 5.02. The second-order valence-electron chi connectivity index (χ2n) is 7.25. The van der Waals surface area contributed by atoms with Crippen molar-refractivity contribution in [3.8, 4) is 5.75 Å². The van der Waals surface area contributed by atoms with E-state index < -0.39 is 12.1 Å². The molecule has 0 radical (unpaired) electrons. The maximum Gasteiger partial charge on any atom is 0.341 e. The first-order valence-corrected chi connectivity index (χ1v) is 11.4. The van der Waals surface area contributed by atoms with Crippen LogP contribution in [0.2, 0.25) is 0 Å². The van der Waals surface area contributed by atoms with E-state index in [9.17, 15) is 14.4 Å². The summed E-state index contributed by atoms with van der Waals surface area (Å²) in [4.78, 5) is 36.9. The van der Waals surface area contributed by atoms with Crippen LogP contribution >= 0.6 is 27.3 Å². The topological polar surface area (TPSA) is 93.7 Å². The molecule has 1 heterocycles. The van der Waals surface area contributed by atoms with Crippen molar-refractivity contribution in [2.24, 2.45) is 0 Å². The number of rotatable bonds is 6. The number of fused-ring (bicyclic) bond motifs is 1. The summed E-state index contributed by atoms with van der Waals surface area (Å²) >= 11 is 4.65. The third kappa shape index (κ3) is 4.78. The van der Waals surface area contributed by atoms with Crippen molar-refractivity contribution in [3.05, 3.63) is 51.5 Å². The monoisotopic (exact) mass is 518 g/mol. The van der Waals surface area contributed by atoms with E-state index in [-0.39, 0.29) is 17.4 Å². The average molecular weight is 519 g/mol. The Hall–Kier alpha value is -2.91. The molecule has 32 heavy (non-hydrogen) atoms. The van der Waals surface area contributed by atoms with Gasteiger partial charge in [-0.25, -0.2) is 4.79 Å². The van der Waals surface area contributed by atoms with E-state index in [1.165, 1.54) is 25.4 Å². The fraction of sp³-hybridized carbons (Fsp3) is 0.261. The highest BCUT2D eigenvalue weighted by Crippen LogP contribution is 2.45. The molecule has 9 heteroatoms. The number of esters is 1. The molecule has 0 aliphatic heterocycles. The van der Waals surface area contributed by atoms with Crippen LogP contribution in [-0.2, 0) is 14.3 Å². The van der Waals surface area contributed by atoms with Crippen LogP contribution in [-0.4, -0.2) is 31.0 Å². The maximum atomic E-state index is 12.9. The molecule has 1 aromatic heterocycles. The Balaban J connectivity index is 1.98. The number of halogens is 1. The quantitative estimate of drug-likeness (QED) is 0.424. The molecule has 0 aliphatic rings. The van der Waals surface area contributed by atoms with Crippen molar-refractivity contribution in [3.63, 3.8) is 0 Å². The van der Waals surface area contributed by atoms with Crippen LogP contribution in [0.3, 0.4) is 0 Å². The third-order valence-electron chi connectivity index (χ3n) is 4.84. The zero-order valence-electron chi connectivity index (χ0n) is 18.3. The van der Waals surface area contributed by atoms with Crippen LogP contribution in [0.5, 0.6) is 5.75 Å². The van der Waals surface area contributed by atoms with Gasteiger partial charge in [0.05, 0.1) is 16.3 Å². The molecule has 0 spiro atoms. The van der Waals surface area contributed by atoms with Crippen LogP contribution in [0.25, 0.3) is 10.1 Å². The van der Waals surface area contributed by atoms with Gasteiger partial charge in [0.2, 0.25) is 5.91 Å². The van der Waals surface area contributed by atoms with Gasteiger partial charge in [-0.15, -0.1) is 11.3 Å². The van der Waals surface area contributed by atoms with E-state index in [4.69, 9.17) is 9.47 Å². The highest BCUT2D eigenvalue weighted by molar-refractivity contribution is 9.10. The number of aryl methyl sites for hydroxylation is 2. The Morgan fingerprint density at radius 2 is 1.72 bits per heavy atom. The normalized spacial score (nSPS) is 11.7. The number of carbonyl (C=O) groups is 3. The van der Waals surface area contributed by atoms with E-state index in [1.54, 1.807) is 19.1 Å². The van der Waals surface area contributed by atoms with Crippen molar-refractivity contribution >= 4 is 65.8 Å². The smallest absolute Gasteiger partial charge is 0.341 e. The first-order valence-electron chi connectivity index (χ1n) is 9.78. The van der Waals surface area contributed by atoms with Gasteiger partial charge in [-0.3, -0.25) is 9.59 Å². The van der Waals surface area contributed by atoms with Crippen LogP contribution < -0.4 is 15.4 Å². The lowest BCUT2D eigenvalue weighted by Crippen LogP contribution is -2.30. The molecule has 2 aromatic carbocycles. The number of ether oxygens (including phenoxy) is 2. The SMILES string of the molecule is COC(=O)c1c(NC(C)=O)sc2c(O[C@H](C)C(=O)Nc3c(C)cccc3C)c(Br)ccc12. The largest absolute Gasteiger partial charge is 0.478 e. The molecule has 7 nitrogen and oxygen atoms in total. The van der Waals surface area contributed by atoms with Gasteiger partial charge in [0.1, 0.15) is 10.6 Å². The molecule has 1 atom stereocenters. The van der Waals surface area contributed by atoms with E-state index in [0.717, 1.165) is 16.8 Å². The molecule has 2 amide bonds. The number of amides is 2. The summed E-state index contributed by atoms with van der Waals surface area (Å²) in [5.74, 6) is -0.796. The fourth-order valence-electron chi connectivity index (χ4n) is 3.24. The van der Waals surface area contributed by atoms with Crippen molar-refractivity contribution in [2.75, 3.05) is 17.7 Å². The predicted octanol–water partition coefficient (Wildman–Crippen LogP) is 5.43. The molecule has 0 saturated heterocycles. The average Bonchev–Trinajstić information content (AvgIpc) is 3.09. The maximum absolute atomic E-state index is 12.9. The zero-order chi connectivity index (χ0) is 23.6. The van der Waals surface area contributed by atoms with Crippen LogP contribution in [0, 0.1) is 13.8 Å². The summed E-state index contributed by atoms with van der Waals surface area (Å²) in [7, 11) is 1.28. The molecule has 168 valence electrons. The number of thiophene rings is 1. The van der Waals surface area contributed by atoms with Crippen molar-refractivity contribution < 1.29 is 23.9 Å². The summed E-state index contributed by atoms with van der Waals surface area (Å²) in [6, 6.07) is 9.25. The first kappa shape index (κ1) is 23.7. The van der Waals surface area contributed by atoms with E-state index >= 15 is 0 Å². The van der Waals surface area contributed by atoms with Crippen molar-refractivity contribution in [1.29, 1.82) is 0 Å². The second kappa shape index (κ2) is 9.70. The van der Waals surface area contributed by atoms with Gasteiger partial charge in [-0.1, -0.05) is 24.3 Å². The number of hydrogen-bond donors (Lipinski definition) is 2. The minimum atomic E-state index is -0.830. The number of para-hydroxylation sites is 1. The van der Waals surface area contributed by atoms with Gasteiger partial charge in [0.25, 0.3) is 5.91 Å². The number of hydrogen-bond acceptors (Lipinski definition) is 6. The standard InChI is InChI=1S/C23H23BrN2O5S/c1-11-7-6-8-12(2)18(11)26-21(28)13(3)31-19-16(24)10-9-15-17(23(29)30-5)22(25-14(4)27)32-20(15)19/h6-10,13H,1-5H3,(H,25,27)(H,26,28)/t13-/m1/s1. The molecule has 0 saturated carbocycles. The highest BCUT2D eigenvalue weighted by Gasteiger charge is 2.26. The van der Waals surface area contributed by atoms with Crippen LogP contribution in [0.15, 0.2) is 34.8 Å². The molecular weight excluding hydrogens is 496 g/mol. The number of carbonyl (C=O) groups excluding carboxylic acids is 3. The molecule has 0 unspecified atom stereocenters. The Kier molecular flexibility index (Phi) is 7.20. The van der Waals surface area contributed by atoms with Gasteiger partial charge in [-0.05, 0) is 53.9 Å². The summed E-state index contributed by atoms with van der Waals surface area (Å²) in [5, 5.41) is 6.52. The molecule has 0 aliphatic carbocycles. The van der Waals surface area contributed by atoms with Crippen LogP contribution in [0.4, 0.5) is 10.7 Å². The van der Waals surface area contributed by atoms with Gasteiger partial charge in [-0.2, -0.15) is 0 Å². The van der Waals surface area contributed by atoms with E-state index in [2.05, 4.69) is 26.6 Å². The summed E-state index contributed by atoms with van der Waals surface area (Å²) in [6.07, 6.45) is -0.830. The molecular formula is C23H23BrN2O5S. The Labute approximate surface area is 198 Å². The van der Waals surface area contributed by atoms with Gasteiger partial charge in [0.15, 0.2) is 11.9 Å². The molecule has 3 aromatic rings. The Morgan fingerprint density at radius 3 is 2.31 bits per heavy atom. The lowest BCUT2D eigenvalue weighted by atomic mass is 10.1. The Morgan fingerprint density at radius 1 is 1.06 bits per heavy atom. The van der Waals surface area contributed by atoms with Gasteiger partial charge < -0.3 is 20.1 Å². The molecule has 0 bridgehead atoms. The lowest BCUT2D eigenvalue weighted by molar-refractivity contribution is -0.122. The number of methoxy groups -OCH3 is 1. The minimum absolute atomic E-state index is 0.243. The molecule has 3 rings (SSSR count). The molecule has 0 fully saturated rings. The minimum Gasteiger partial charge on any atom is -0.478 e. The number of benzene rings is 2. The summed E-state index contributed by atoms with van der Waals surface area (Å²) in [5.41, 5.74) is 2.90. The highest BCUT2D eigenvalue weighted by atomic mass is 79.9. The van der Waals surface area contributed by atoms with E-state index in [1.807, 2.05) is 32.0 Å². The zero-order valence-corrected chi connectivity index (χ0v) is 20.7. The molecule has 2 N–H and O–H groups in total. The first-order chi connectivity index (χ1) is 15.1. The number of anilines is 2. The second-order valence-corrected chi connectivity index (χ2v) is 9.12. The number of nitrogens with one attached hydrogen (secondary N) is 2. The Bertz CT molecular complexity index is 1200. The van der Waals surface area contributed by atoms with Crippen molar-refractivity contribution in [1.82, 2.24) is 0 Å². The predicted molar refractivity (Wildman–Crippen MR) is 130 cm³/mol. The summed E-state index contributed by atoms with van der Waals surface area (Å²) < 4.78 is 12.2.